The highest BCUT2D eigenvalue weighted by Gasteiger charge is 2.44. The second-order valence-corrected chi connectivity index (χ2v) is 8.94. The summed E-state index contributed by atoms with van der Waals surface area (Å²) in [4.78, 5) is 14.8. The Hall–Kier alpha value is -2.54. The zero-order valence-electron chi connectivity index (χ0n) is 18.9. The smallest absolute Gasteiger partial charge is 0.244 e. The van der Waals surface area contributed by atoms with Crippen LogP contribution in [0.2, 0.25) is 0 Å². The minimum absolute atomic E-state index is 0.0874. The molecule has 0 spiro atoms. The molecule has 1 aliphatic carbocycles. The van der Waals surface area contributed by atoms with E-state index in [9.17, 15) is 9.90 Å². The summed E-state index contributed by atoms with van der Waals surface area (Å²) in [6.07, 6.45) is 1.45. The van der Waals surface area contributed by atoms with Gasteiger partial charge in [-0.05, 0) is 68.7 Å². The first-order chi connectivity index (χ1) is 14.9. The van der Waals surface area contributed by atoms with Gasteiger partial charge in [-0.3, -0.25) is 9.48 Å². The van der Waals surface area contributed by atoms with Gasteiger partial charge in [0, 0.05) is 18.8 Å². The van der Waals surface area contributed by atoms with E-state index >= 15 is 0 Å². The fourth-order valence-electron chi connectivity index (χ4n) is 4.98. The van der Waals surface area contributed by atoms with E-state index in [1.807, 2.05) is 43.0 Å². The molecular weight excluding hydrogens is 394 g/mol. The molecular formula is C24H33N3O4. The lowest BCUT2D eigenvalue weighted by molar-refractivity contribution is -0.131. The first-order valence-electron chi connectivity index (χ1n) is 11.2. The second kappa shape index (κ2) is 8.91. The number of nitrogens with zero attached hydrogens (tertiary/aromatic N) is 3. The number of ether oxygens (including phenoxy) is 2. The van der Waals surface area contributed by atoms with Gasteiger partial charge >= 0.3 is 0 Å². The number of benzene rings is 1. The summed E-state index contributed by atoms with van der Waals surface area (Å²) in [7, 11) is 1.64. The maximum absolute atomic E-state index is 12.9. The molecule has 1 aromatic heterocycles. The van der Waals surface area contributed by atoms with Gasteiger partial charge in [0.05, 0.1) is 18.9 Å². The van der Waals surface area contributed by atoms with Crippen molar-refractivity contribution in [3.05, 3.63) is 41.2 Å². The summed E-state index contributed by atoms with van der Waals surface area (Å²) in [5, 5.41) is 15.2. The molecule has 4 atom stereocenters. The van der Waals surface area contributed by atoms with Gasteiger partial charge in [0.1, 0.15) is 12.6 Å². The van der Waals surface area contributed by atoms with Gasteiger partial charge < -0.3 is 19.5 Å². The molecule has 4 rings (SSSR count). The van der Waals surface area contributed by atoms with Gasteiger partial charge in [-0.2, -0.15) is 5.10 Å². The van der Waals surface area contributed by atoms with Crippen LogP contribution >= 0.6 is 0 Å². The van der Waals surface area contributed by atoms with Gasteiger partial charge in [-0.25, -0.2) is 0 Å². The third-order valence-electron chi connectivity index (χ3n) is 6.74. The Kier molecular flexibility index (Phi) is 6.23. The molecule has 168 valence electrons. The highest BCUT2D eigenvalue weighted by Crippen LogP contribution is 2.39. The Morgan fingerprint density at radius 3 is 2.55 bits per heavy atom. The van der Waals surface area contributed by atoms with Gasteiger partial charge in [-0.1, -0.05) is 13.0 Å². The van der Waals surface area contributed by atoms with Crippen molar-refractivity contribution < 1.29 is 19.4 Å². The van der Waals surface area contributed by atoms with Crippen LogP contribution in [0.4, 0.5) is 0 Å². The molecule has 31 heavy (non-hydrogen) atoms. The molecule has 0 radical (unpaired) electrons. The van der Waals surface area contributed by atoms with Crippen molar-refractivity contribution in [3.8, 4) is 11.5 Å². The number of aliphatic hydroxyl groups excluding tert-OH is 1. The lowest BCUT2D eigenvalue weighted by atomic mass is 9.78. The average molecular weight is 428 g/mol. The molecule has 7 heteroatoms. The van der Waals surface area contributed by atoms with E-state index in [0.717, 1.165) is 24.2 Å². The number of aliphatic hydroxyl groups is 1. The Morgan fingerprint density at radius 1 is 1.16 bits per heavy atom. The normalized spacial score (nSPS) is 25.4. The monoisotopic (exact) mass is 427 g/mol. The summed E-state index contributed by atoms with van der Waals surface area (Å²) in [6, 6.07) is 7.93. The van der Waals surface area contributed by atoms with E-state index in [0.29, 0.717) is 42.8 Å². The molecule has 1 amide bonds. The Balaban J connectivity index is 1.40. The number of aromatic nitrogens is 2. The second-order valence-electron chi connectivity index (χ2n) is 8.94. The highest BCUT2D eigenvalue weighted by atomic mass is 16.5. The van der Waals surface area contributed by atoms with Crippen LogP contribution in [0.5, 0.6) is 11.5 Å². The van der Waals surface area contributed by atoms with E-state index < -0.39 is 6.10 Å². The third kappa shape index (κ3) is 4.56. The van der Waals surface area contributed by atoms with Gasteiger partial charge in [-0.15, -0.1) is 0 Å². The topological polar surface area (TPSA) is 76.8 Å². The fourth-order valence-corrected chi connectivity index (χ4v) is 4.98. The van der Waals surface area contributed by atoms with E-state index in [4.69, 9.17) is 9.47 Å². The SMILES string of the molecule is CCc1ccc(O[C@@H]2C[C@@H]3CN(C(=O)Cn4nc(C)cc4C)C[C@@H]3C[C@H]2O)c(OC)c1. The summed E-state index contributed by atoms with van der Waals surface area (Å²) in [6.45, 7) is 7.68. The van der Waals surface area contributed by atoms with Crippen molar-refractivity contribution >= 4 is 5.91 Å². The molecule has 1 N–H and O–H groups in total. The maximum Gasteiger partial charge on any atom is 0.244 e. The van der Waals surface area contributed by atoms with Crippen molar-refractivity contribution in [1.82, 2.24) is 14.7 Å². The predicted molar refractivity (Wildman–Crippen MR) is 117 cm³/mol. The zero-order chi connectivity index (χ0) is 22.1. The van der Waals surface area contributed by atoms with Crippen LogP contribution in [0.1, 0.15) is 36.7 Å². The quantitative estimate of drug-likeness (QED) is 0.767. The van der Waals surface area contributed by atoms with Crippen LogP contribution in [0.25, 0.3) is 0 Å². The average Bonchev–Trinajstić information content (AvgIpc) is 3.30. The predicted octanol–water partition coefficient (Wildman–Crippen LogP) is 2.75. The molecule has 2 fully saturated rings. The first kappa shape index (κ1) is 21.7. The van der Waals surface area contributed by atoms with E-state index in [-0.39, 0.29) is 18.6 Å². The first-order valence-corrected chi connectivity index (χ1v) is 11.2. The molecule has 2 aliphatic rings. The zero-order valence-corrected chi connectivity index (χ0v) is 18.9. The van der Waals surface area contributed by atoms with E-state index in [1.54, 1.807) is 11.8 Å². The summed E-state index contributed by atoms with van der Waals surface area (Å²) >= 11 is 0. The molecule has 1 saturated carbocycles. The van der Waals surface area contributed by atoms with Crippen molar-refractivity contribution in [2.45, 2.75) is 58.8 Å². The number of fused-ring (bicyclic) bond motifs is 1. The molecule has 1 saturated heterocycles. The van der Waals surface area contributed by atoms with Crippen LogP contribution in [-0.4, -0.2) is 58.1 Å². The van der Waals surface area contributed by atoms with Crippen LogP contribution in [-0.2, 0) is 17.8 Å². The Labute approximate surface area is 184 Å². The lowest BCUT2D eigenvalue weighted by Gasteiger charge is -2.35. The standard InChI is InChI=1S/C24H33N3O4/c1-5-17-6-7-21(23(9-17)30-4)31-22-11-19-13-26(12-18(19)10-20(22)28)24(29)14-27-16(3)8-15(2)25-27/h6-9,18-20,22,28H,5,10-14H2,1-4H3/t18-,19+,20+,22+/m0/s1. The molecule has 1 aliphatic heterocycles. The molecule has 1 aromatic carbocycles. The number of rotatable bonds is 6. The number of likely N-dealkylation sites (tertiary alicyclic amines) is 1. The number of carbonyl (C=O) groups is 1. The highest BCUT2D eigenvalue weighted by molar-refractivity contribution is 5.76. The number of carbonyl (C=O) groups excluding carboxylic acids is 1. The molecule has 0 unspecified atom stereocenters. The number of hydrogen-bond donors (Lipinski definition) is 1. The van der Waals surface area contributed by atoms with Crippen molar-refractivity contribution in [3.63, 3.8) is 0 Å². The summed E-state index contributed by atoms with van der Waals surface area (Å²) in [5.74, 6) is 2.09. The molecule has 7 nitrogen and oxygen atoms in total. The van der Waals surface area contributed by atoms with Gasteiger partial charge in [0.25, 0.3) is 0 Å². The number of amides is 1. The summed E-state index contributed by atoms with van der Waals surface area (Å²) in [5.41, 5.74) is 3.10. The van der Waals surface area contributed by atoms with Crippen LogP contribution in [0, 0.1) is 25.7 Å². The van der Waals surface area contributed by atoms with Gasteiger partial charge in [0.2, 0.25) is 5.91 Å². The van der Waals surface area contributed by atoms with Gasteiger partial charge in [0.15, 0.2) is 11.5 Å². The number of hydrogen-bond acceptors (Lipinski definition) is 5. The number of methoxy groups -OCH3 is 1. The van der Waals surface area contributed by atoms with E-state index in [1.165, 1.54) is 5.56 Å². The molecule has 0 bridgehead atoms. The Bertz CT molecular complexity index is 941. The Morgan fingerprint density at radius 2 is 1.90 bits per heavy atom. The number of aryl methyl sites for hydroxylation is 3. The molecule has 2 heterocycles. The minimum atomic E-state index is -0.553. The minimum Gasteiger partial charge on any atom is -0.493 e. The maximum atomic E-state index is 12.9. The fraction of sp³-hybridized carbons (Fsp3) is 0.583. The van der Waals surface area contributed by atoms with Crippen molar-refractivity contribution in [2.24, 2.45) is 11.8 Å². The largest absolute Gasteiger partial charge is 0.493 e. The van der Waals surface area contributed by atoms with Crippen LogP contribution in [0.3, 0.4) is 0 Å². The summed E-state index contributed by atoms with van der Waals surface area (Å²) < 4.78 is 13.5. The molecule has 2 aromatic rings. The van der Waals surface area contributed by atoms with Crippen molar-refractivity contribution in [2.75, 3.05) is 20.2 Å². The third-order valence-corrected chi connectivity index (χ3v) is 6.74. The van der Waals surface area contributed by atoms with Crippen LogP contribution < -0.4 is 9.47 Å². The van der Waals surface area contributed by atoms with E-state index in [2.05, 4.69) is 12.0 Å². The lowest BCUT2D eigenvalue weighted by Crippen LogP contribution is -2.42. The van der Waals surface area contributed by atoms with Crippen molar-refractivity contribution in [1.29, 1.82) is 0 Å². The van der Waals surface area contributed by atoms with Crippen LogP contribution in [0.15, 0.2) is 24.3 Å².